The van der Waals surface area contributed by atoms with E-state index in [1.807, 2.05) is 6.07 Å². The SMILES string of the molecule is Oc1cc2c(cc1O)C(Cc1ccc([OH2+])c(O)c1)[NH2+]CC2.[Br-]. The van der Waals surface area contributed by atoms with E-state index >= 15 is 0 Å². The monoisotopic (exact) mass is 368 g/mol. The van der Waals surface area contributed by atoms with E-state index in [0.717, 1.165) is 29.7 Å². The molecule has 0 amide bonds. The Morgan fingerprint density at radius 3 is 2.50 bits per heavy atom. The Balaban J connectivity index is 0.00000176. The highest BCUT2D eigenvalue weighted by Gasteiger charge is 2.25. The average Bonchev–Trinajstić information content (AvgIpc) is 2.45. The number of hydrogen-bond donors (Lipinski definition) is 4. The zero-order valence-corrected chi connectivity index (χ0v) is 13.5. The molecule has 0 saturated carbocycles. The Bertz CT molecular complexity index is 690. The molecule has 1 aliphatic heterocycles. The van der Waals surface area contributed by atoms with Gasteiger partial charge in [0.1, 0.15) is 6.04 Å². The number of fused-ring (bicyclic) bond motifs is 1. The fourth-order valence-corrected chi connectivity index (χ4v) is 2.92. The van der Waals surface area contributed by atoms with Gasteiger partial charge in [-0.3, -0.25) is 0 Å². The lowest BCUT2D eigenvalue weighted by atomic mass is 9.90. The lowest BCUT2D eigenvalue weighted by Gasteiger charge is -2.24. The second kappa shape index (κ2) is 6.46. The molecular formula is C16H19BrNO4+. The number of aromatic hydroxyl groups is 3. The molecule has 5 nitrogen and oxygen atoms in total. The molecular weight excluding hydrogens is 350 g/mol. The van der Waals surface area contributed by atoms with E-state index in [4.69, 9.17) is 5.11 Å². The van der Waals surface area contributed by atoms with Crippen LogP contribution in [0.4, 0.5) is 0 Å². The first-order valence-electron chi connectivity index (χ1n) is 6.96. The molecule has 22 heavy (non-hydrogen) atoms. The summed E-state index contributed by atoms with van der Waals surface area (Å²) in [7, 11) is 0. The second-order valence-corrected chi connectivity index (χ2v) is 5.48. The average molecular weight is 369 g/mol. The largest absolute Gasteiger partial charge is 1.00 e. The number of benzene rings is 2. The van der Waals surface area contributed by atoms with Crippen molar-refractivity contribution in [3.8, 4) is 23.0 Å². The number of hydrogen-bond acceptors (Lipinski definition) is 3. The van der Waals surface area contributed by atoms with Crippen LogP contribution in [0.15, 0.2) is 30.3 Å². The molecule has 0 bridgehead atoms. The third-order valence-electron chi connectivity index (χ3n) is 4.02. The van der Waals surface area contributed by atoms with Gasteiger partial charge in [0.25, 0.3) is 5.75 Å². The first-order valence-corrected chi connectivity index (χ1v) is 6.96. The van der Waals surface area contributed by atoms with E-state index in [2.05, 4.69) is 5.32 Å². The van der Waals surface area contributed by atoms with Gasteiger partial charge in [-0.05, 0) is 35.4 Å². The van der Waals surface area contributed by atoms with Crippen LogP contribution in [-0.4, -0.2) is 27.0 Å². The minimum Gasteiger partial charge on any atom is -1.00 e. The fourth-order valence-electron chi connectivity index (χ4n) is 2.92. The predicted octanol–water partition coefficient (Wildman–Crippen LogP) is -2.35. The van der Waals surface area contributed by atoms with Gasteiger partial charge in [0.2, 0.25) is 5.75 Å². The summed E-state index contributed by atoms with van der Waals surface area (Å²) >= 11 is 0. The molecule has 0 fully saturated rings. The van der Waals surface area contributed by atoms with Crippen molar-refractivity contribution >= 4 is 0 Å². The van der Waals surface area contributed by atoms with Crippen LogP contribution in [0.5, 0.6) is 23.0 Å². The van der Waals surface area contributed by atoms with Crippen molar-refractivity contribution < 1.29 is 42.7 Å². The van der Waals surface area contributed by atoms with Crippen molar-refractivity contribution in [3.63, 3.8) is 0 Å². The highest BCUT2D eigenvalue weighted by Crippen LogP contribution is 2.33. The number of phenols is 3. The maximum atomic E-state index is 9.71. The molecule has 1 unspecified atom stereocenters. The van der Waals surface area contributed by atoms with E-state index in [1.54, 1.807) is 24.3 Å². The van der Waals surface area contributed by atoms with Gasteiger partial charge in [0.05, 0.1) is 6.54 Å². The van der Waals surface area contributed by atoms with Gasteiger partial charge in [-0.25, -0.2) is 0 Å². The molecule has 2 aromatic rings. The summed E-state index contributed by atoms with van der Waals surface area (Å²) in [6.45, 7) is 0.921. The first kappa shape index (κ1) is 16.5. The first-order chi connectivity index (χ1) is 10.0. The molecule has 0 saturated heterocycles. The summed E-state index contributed by atoms with van der Waals surface area (Å²) in [4.78, 5) is 0. The van der Waals surface area contributed by atoms with Crippen LogP contribution in [0.3, 0.4) is 0 Å². The Morgan fingerprint density at radius 2 is 1.77 bits per heavy atom. The summed E-state index contributed by atoms with van der Waals surface area (Å²) in [6.07, 6.45) is 1.56. The zero-order chi connectivity index (χ0) is 15.0. The highest BCUT2D eigenvalue weighted by molar-refractivity contribution is 5.47. The Hall–Kier alpha value is -1.92. The topological polar surface area (TPSA) is 100 Å². The van der Waals surface area contributed by atoms with Crippen molar-refractivity contribution in [1.29, 1.82) is 0 Å². The van der Waals surface area contributed by atoms with Crippen LogP contribution < -0.4 is 22.3 Å². The standard InChI is InChI=1S/C16H17NO4.BrH/c18-13-2-1-9(6-14(13)19)5-12-11-8-16(21)15(20)7-10(11)3-4-17-12;/h1-2,6-8,12,17-21H,3-5H2;1H/p+1. The second-order valence-electron chi connectivity index (χ2n) is 5.48. The van der Waals surface area contributed by atoms with Crippen LogP contribution >= 0.6 is 0 Å². The smallest absolute Gasteiger partial charge is 0.296 e. The number of phenolic OH excluding ortho intramolecular Hbond substituents is 3. The number of nitrogens with two attached hydrogens (primary N) is 1. The van der Waals surface area contributed by atoms with Crippen LogP contribution in [0, 0.1) is 0 Å². The summed E-state index contributed by atoms with van der Waals surface area (Å²) in [6, 6.07) is 8.44. The normalized spacial score (nSPS) is 16.6. The quantitative estimate of drug-likeness (QED) is 0.352. The van der Waals surface area contributed by atoms with Crippen molar-refractivity contribution in [2.75, 3.05) is 6.54 Å². The lowest BCUT2D eigenvalue weighted by molar-refractivity contribution is -0.698. The number of quaternary nitrogens is 1. The molecule has 1 heterocycles. The van der Waals surface area contributed by atoms with Gasteiger partial charge in [-0.15, -0.1) is 0 Å². The van der Waals surface area contributed by atoms with E-state index in [1.165, 1.54) is 0 Å². The highest BCUT2D eigenvalue weighted by atomic mass is 79.9. The van der Waals surface area contributed by atoms with Gasteiger partial charge in [-0.2, -0.15) is 0 Å². The van der Waals surface area contributed by atoms with E-state index in [9.17, 15) is 15.3 Å². The zero-order valence-electron chi connectivity index (χ0n) is 11.9. The molecule has 1 aliphatic rings. The van der Waals surface area contributed by atoms with E-state index in [0.29, 0.717) is 6.42 Å². The summed E-state index contributed by atoms with van der Waals surface area (Å²) in [5.41, 5.74) is 3.02. The fraction of sp³-hybridized carbons (Fsp3) is 0.250. The third-order valence-corrected chi connectivity index (χ3v) is 4.02. The van der Waals surface area contributed by atoms with Crippen molar-refractivity contribution in [3.05, 3.63) is 47.0 Å². The van der Waals surface area contributed by atoms with Gasteiger partial charge in [-0.1, -0.05) is 0 Å². The molecule has 1 atom stereocenters. The maximum Gasteiger partial charge on any atom is 0.296 e. The van der Waals surface area contributed by atoms with Crippen LogP contribution in [0.25, 0.3) is 0 Å². The Morgan fingerprint density at radius 1 is 1.05 bits per heavy atom. The summed E-state index contributed by atoms with van der Waals surface area (Å²) in [5.74, 6) is -0.0737. The lowest BCUT2D eigenvalue weighted by Crippen LogP contribution is -3.00. The van der Waals surface area contributed by atoms with Crippen LogP contribution in [0.1, 0.15) is 22.7 Å². The van der Waals surface area contributed by atoms with Crippen molar-refractivity contribution in [2.24, 2.45) is 0 Å². The molecule has 3 rings (SSSR count). The van der Waals surface area contributed by atoms with Crippen molar-refractivity contribution in [1.82, 2.24) is 0 Å². The van der Waals surface area contributed by atoms with Crippen molar-refractivity contribution in [2.45, 2.75) is 18.9 Å². The number of rotatable bonds is 2. The number of halogens is 1. The molecule has 6 heteroatoms. The predicted molar refractivity (Wildman–Crippen MR) is 77.9 cm³/mol. The Labute approximate surface area is 138 Å². The van der Waals surface area contributed by atoms with Gasteiger partial charge in [0.15, 0.2) is 11.5 Å². The molecule has 0 spiro atoms. The molecule has 0 aliphatic carbocycles. The Kier molecular flexibility index (Phi) is 4.83. The third kappa shape index (κ3) is 3.13. The molecule has 0 radical (unpaired) electrons. The van der Waals surface area contributed by atoms with Gasteiger partial charge >= 0.3 is 0 Å². The minimum atomic E-state index is -0.0987. The minimum absolute atomic E-state index is 0. The molecule has 2 aromatic carbocycles. The molecule has 0 aromatic heterocycles. The summed E-state index contributed by atoms with van der Waals surface area (Å²) in [5, 5.41) is 38.6. The van der Waals surface area contributed by atoms with E-state index in [-0.39, 0.29) is 46.0 Å². The molecule has 7 N–H and O–H groups in total. The van der Waals surface area contributed by atoms with E-state index < -0.39 is 0 Å². The van der Waals surface area contributed by atoms with Gasteiger partial charge in [0, 0.05) is 24.5 Å². The molecule has 118 valence electrons. The van der Waals surface area contributed by atoms with Crippen LogP contribution in [0.2, 0.25) is 0 Å². The van der Waals surface area contributed by atoms with Gasteiger partial charge < -0.3 is 42.7 Å². The maximum absolute atomic E-state index is 9.71. The van der Waals surface area contributed by atoms with Crippen LogP contribution in [-0.2, 0) is 12.8 Å². The summed E-state index contributed by atoms with van der Waals surface area (Å²) < 4.78 is 0.